The lowest BCUT2D eigenvalue weighted by Gasteiger charge is -2.11. The number of nitrogens with one attached hydrogen (secondary N) is 1. The summed E-state index contributed by atoms with van der Waals surface area (Å²) >= 11 is 0. The zero-order chi connectivity index (χ0) is 15.8. The molecule has 0 unspecified atom stereocenters. The molecular weight excluding hydrogens is 276 g/mol. The summed E-state index contributed by atoms with van der Waals surface area (Å²) in [7, 11) is 3.29. The predicted octanol–water partition coefficient (Wildman–Crippen LogP) is 0.358. The smallest absolute Gasteiger partial charge is 0.341 e. The summed E-state index contributed by atoms with van der Waals surface area (Å²) in [6, 6.07) is 6.19. The number of benzene rings is 1. The lowest BCUT2D eigenvalue weighted by atomic mass is 10.2. The maximum atomic E-state index is 11.9. The number of carboxylic acids is 1. The monoisotopic (exact) mass is 294 g/mol. The second kappa shape index (κ2) is 7.88. The highest BCUT2D eigenvalue weighted by atomic mass is 16.5. The molecule has 0 aliphatic heterocycles. The molecule has 7 heteroatoms. The lowest BCUT2D eigenvalue weighted by Crippen LogP contribution is -2.30. The van der Waals surface area contributed by atoms with Gasteiger partial charge in [0.15, 0.2) is 6.61 Å². The van der Waals surface area contributed by atoms with Crippen LogP contribution in [0.15, 0.2) is 24.3 Å². The molecule has 1 rings (SSSR count). The van der Waals surface area contributed by atoms with Gasteiger partial charge in [0.2, 0.25) is 5.91 Å². The average Bonchev–Trinajstić information content (AvgIpc) is 2.45. The Labute approximate surface area is 122 Å². The van der Waals surface area contributed by atoms with Gasteiger partial charge in [0.05, 0.1) is 0 Å². The van der Waals surface area contributed by atoms with Crippen LogP contribution in [0.2, 0.25) is 0 Å². The van der Waals surface area contributed by atoms with E-state index in [1.807, 2.05) is 0 Å². The van der Waals surface area contributed by atoms with Gasteiger partial charge in [-0.2, -0.15) is 0 Å². The molecule has 0 aromatic heterocycles. The number of ether oxygens (including phenoxy) is 1. The molecule has 7 nitrogen and oxygen atoms in total. The Morgan fingerprint density at radius 1 is 1.29 bits per heavy atom. The first-order chi connectivity index (χ1) is 9.90. The maximum Gasteiger partial charge on any atom is 0.341 e. The topological polar surface area (TPSA) is 95.9 Å². The number of hydrogen-bond donors (Lipinski definition) is 2. The van der Waals surface area contributed by atoms with E-state index < -0.39 is 12.6 Å². The Bertz CT molecular complexity index is 528. The van der Waals surface area contributed by atoms with Crippen LogP contribution in [0.1, 0.15) is 16.8 Å². The largest absolute Gasteiger partial charge is 0.482 e. The Balaban J connectivity index is 2.52. The fourth-order valence-electron chi connectivity index (χ4n) is 1.48. The van der Waals surface area contributed by atoms with Crippen LogP contribution in [-0.4, -0.2) is 55.0 Å². The van der Waals surface area contributed by atoms with Gasteiger partial charge in [0.1, 0.15) is 5.75 Å². The van der Waals surface area contributed by atoms with E-state index in [1.165, 1.54) is 11.0 Å². The van der Waals surface area contributed by atoms with E-state index in [2.05, 4.69) is 5.32 Å². The fourth-order valence-corrected chi connectivity index (χ4v) is 1.48. The predicted molar refractivity (Wildman–Crippen MR) is 75.2 cm³/mol. The molecule has 0 aliphatic carbocycles. The van der Waals surface area contributed by atoms with Crippen LogP contribution in [0, 0.1) is 0 Å². The van der Waals surface area contributed by atoms with Gasteiger partial charge in [0, 0.05) is 32.6 Å². The number of carbonyl (C=O) groups excluding carboxylic acids is 2. The molecule has 2 N–H and O–H groups in total. The zero-order valence-corrected chi connectivity index (χ0v) is 12.0. The Morgan fingerprint density at radius 3 is 2.62 bits per heavy atom. The second-order valence-electron chi connectivity index (χ2n) is 4.50. The minimum Gasteiger partial charge on any atom is -0.482 e. The van der Waals surface area contributed by atoms with Crippen molar-refractivity contribution in [1.29, 1.82) is 0 Å². The van der Waals surface area contributed by atoms with Crippen LogP contribution >= 0.6 is 0 Å². The molecule has 0 saturated carbocycles. The van der Waals surface area contributed by atoms with Crippen molar-refractivity contribution in [3.05, 3.63) is 29.8 Å². The second-order valence-corrected chi connectivity index (χ2v) is 4.50. The molecule has 0 saturated heterocycles. The number of carboxylic acid groups (broad SMARTS) is 1. The first kappa shape index (κ1) is 16.5. The van der Waals surface area contributed by atoms with Gasteiger partial charge in [-0.1, -0.05) is 6.07 Å². The van der Waals surface area contributed by atoms with Crippen LogP contribution < -0.4 is 10.1 Å². The summed E-state index contributed by atoms with van der Waals surface area (Å²) in [5, 5.41) is 11.1. The van der Waals surface area contributed by atoms with E-state index in [4.69, 9.17) is 9.84 Å². The first-order valence-corrected chi connectivity index (χ1v) is 6.33. The molecule has 0 radical (unpaired) electrons. The third-order valence-corrected chi connectivity index (χ3v) is 2.58. The highest BCUT2D eigenvalue weighted by Crippen LogP contribution is 2.13. The van der Waals surface area contributed by atoms with Crippen LogP contribution in [0.3, 0.4) is 0 Å². The quantitative estimate of drug-likeness (QED) is 0.757. The molecule has 0 aliphatic rings. The van der Waals surface area contributed by atoms with Crippen molar-refractivity contribution in [3.8, 4) is 5.75 Å². The van der Waals surface area contributed by atoms with Gasteiger partial charge in [-0.05, 0) is 18.2 Å². The summed E-state index contributed by atoms with van der Waals surface area (Å²) < 4.78 is 4.99. The van der Waals surface area contributed by atoms with Crippen molar-refractivity contribution in [1.82, 2.24) is 10.2 Å². The molecule has 0 bridgehead atoms. The first-order valence-electron chi connectivity index (χ1n) is 6.33. The summed E-state index contributed by atoms with van der Waals surface area (Å²) in [4.78, 5) is 35.1. The molecule has 1 aromatic carbocycles. The van der Waals surface area contributed by atoms with Gasteiger partial charge in [0.25, 0.3) is 5.91 Å². The summed E-state index contributed by atoms with van der Waals surface area (Å²) in [6.07, 6.45) is 0.216. The molecular formula is C14H18N2O5. The van der Waals surface area contributed by atoms with E-state index >= 15 is 0 Å². The number of amides is 2. The Morgan fingerprint density at radius 2 is 2.00 bits per heavy atom. The number of nitrogens with zero attached hydrogens (tertiary/aromatic N) is 1. The van der Waals surface area contributed by atoms with E-state index in [-0.39, 0.29) is 24.8 Å². The molecule has 1 aromatic rings. The molecule has 0 atom stereocenters. The number of rotatable bonds is 7. The normalized spacial score (nSPS) is 9.81. The molecule has 21 heavy (non-hydrogen) atoms. The van der Waals surface area contributed by atoms with Crippen molar-refractivity contribution in [2.24, 2.45) is 0 Å². The average molecular weight is 294 g/mol. The Kier molecular flexibility index (Phi) is 6.19. The van der Waals surface area contributed by atoms with Gasteiger partial charge in [-0.15, -0.1) is 0 Å². The summed E-state index contributed by atoms with van der Waals surface area (Å²) in [5.74, 6) is -1.21. The van der Waals surface area contributed by atoms with Crippen molar-refractivity contribution < 1.29 is 24.2 Å². The number of hydrogen-bond acceptors (Lipinski definition) is 4. The van der Waals surface area contributed by atoms with Crippen LogP contribution in [0.5, 0.6) is 5.75 Å². The van der Waals surface area contributed by atoms with Crippen molar-refractivity contribution in [3.63, 3.8) is 0 Å². The maximum absolute atomic E-state index is 11.9. The number of carbonyl (C=O) groups is 3. The van der Waals surface area contributed by atoms with Crippen molar-refractivity contribution >= 4 is 17.8 Å². The Hall–Kier alpha value is -2.57. The van der Waals surface area contributed by atoms with Crippen molar-refractivity contribution in [2.45, 2.75) is 6.42 Å². The molecule has 0 spiro atoms. The fraction of sp³-hybridized carbons (Fsp3) is 0.357. The molecule has 2 amide bonds. The van der Waals surface area contributed by atoms with E-state index in [1.54, 1.807) is 32.3 Å². The number of aliphatic carboxylic acids is 1. The highest BCUT2D eigenvalue weighted by molar-refractivity contribution is 5.94. The third-order valence-electron chi connectivity index (χ3n) is 2.58. The van der Waals surface area contributed by atoms with Gasteiger partial charge in [-0.3, -0.25) is 9.59 Å². The molecule has 0 heterocycles. The van der Waals surface area contributed by atoms with E-state index in [0.29, 0.717) is 11.3 Å². The van der Waals surface area contributed by atoms with E-state index in [9.17, 15) is 14.4 Å². The lowest BCUT2D eigenvalue weighted by molar-refractivity contribution is -0.139. The minimum atomic E-state index is -1.09. The summed E-state index contributed by atoms with van der Waals surface area (Å²) in [6.45, 7) is -0.238. The van der Waals surface area contributed by atoms with Crippen LogP contribution in [0.25, 0.3) is 0 Å². The van der Waals surface area contributed by atoms with Crippen LogP contribution in [-0.2, 0) is 9.59 Å². The van der Waals surface area contributed by atoms with Gasteiger partial charge >= 0.3 is 5.97 Å². The van der Waals surface area contributed by atoms with Gasteiger partial charge in [-0.25, -0.2) is 4.79 Å². The SMILES string of the molecule is CN(C)C(=O)CCNC(=O)c1cccc(OCC(=O)O)c1. The van der Waals surface area contributed by atoms with E-state index in [0.717, 1.165) is 0 Å². The molecule has 0 fully saturated rings. The molecule has 114 valence electrons. The highest BCUT2D eigenvalue weighted by Gasteiger charge is 2.09. The van der Waals surface area contributed by atoms with Crippen molar-refractivity contribution in [2.75, 3.05) is 27.2 Å². The summed E-state index contributed by atoms with van der Waals surface area (Å²) in [5.41, 5.74) is 0.343. The zero-order valence-electron chi connectivity index (χ0n) is 12.0. The van der Waals surface area contributed by atoms with Crippen LogP contribution in [0.4, 0.5) is 0 Å². The minimum absolute atomic E-state index is 0.0751. The standard InChI is InChI=1S/C14H18N2O5/c1-16(2)12(17)6-7-15-14(20)10-4-3-5-11(8-10)21-9-13(18)19/h3-5,8H,6-7,9H2,1-2H3,(H,15,20)(H,18,19). The third kappa shape index (κ3) is 5.94. The van der Waals surface area contributed by atoms with Gasteiger partial charge < -0.3 is 20.1 Å².